The number of benzene rings is 6. The van der Waals surface area contributed by atoms with Gasteiger partial charge in [0.1, 0.15) is 0 Å². The Bertz CT molecular complexity index is 3060. The minimum atomic E-state index is -0.241. The van der Waals surface area contributed by atoms with Gasteiger partial charge in [0.15, 0.2) is 17.5 Å². The Morgan fingerprint density at radius 1 is 0.414 bits per heavy atom. The third-order valence-electron chi connectivity index (χ3n) is 11.6. The monoisotopic (exact) mass is 744 g/mol. The third-order valence-corrected chi connectivity index (χ3v) is 11.6. The van der Waals surface area contributed by atoms with Crippen molar-refractivity contribution in [1.29, 1.82) is 0 Å². The molecule has 1 aliphatic carbocycles. The van der Waals surface area contributed by atoms with Gasteiger partial charge < -0.3 is 4.57 Å². The van der Waals surface area contributed by atoms with E-state index in [1.54, 1.807) is 24.8 Å². The zero-order valence-corrected chi connectivity index (χ0v) is 32.0. The highest BCUT2D eigenvalue weighted by Gasteiger charge is 2.39. The fourth-order valence-electron chi connectivity index (χ4n) is 8.99. The SMILES string of the molecule is CC1(C)c2ccccc2-c2ccc3c4ccccc4n(-c4c(-c5ccccc5)cc(-c5nc(-c6ccncc6)nc(-c6ccncc6)n5)cc4-c4ccccc4)c3c21. The topological polar surface area (TPSA) is 69.4 Å². The van der Waals surface area contributed by atoms with Gasteiger partial charge in [0.2, 0.25) is 0 Å². The second kappa shape index (κ2) is 13.3. The fraction of sp³-hybridized carbons (Fsp3) is 0.0577. The van der Waals surface area contributed by atoms with Crippen LogP contribution in [0.4, 0.5) is 0 Å². The quantitative estimate of drug-likeness (QED) is 0.170. The lowest BCUT2D eigenvalue weighted by Gasteiger charge is -2.26. The van der Waals surface area contributed by atoms with Crippen molar-refractivity contribution in [1.82, 2.24) is 29.5 Å². The summed E-state index contributed by atoms with van der Waals surface area (Å²) in [6, 6.07) is 56.1. The van der Waals surface area contributed by atoms with Crippen molar-refractivity contribution in [3.8, 4) is 73.2 Å². The van der Waals surface area contributed by atoms with E-state index in [4.69, 9.17) is 15.0 Å². The average Bonchev–Trinajstić information content (AvgIpc) is 3.75. The van der Waals surface area contributed by atoms with Crippen molar-refractivity contribution in [3.05, 3.63) is 194 Å². The number of rotatable bonds is 6. The van der Waals surface area contributed by atoms with Crippen LogP contribution in [0.5, 0.6) is 0 Å². The molecule has 0 saturated carbocycles. The van der Waals surface area contributed by atoms with Crippen molar-refractivity contribution < 1.29 is 0 Å². The first-order valence-electron chi connectivity index (χ1n) is 19.6. The van der Waals surface area contributed by atoms with E-state index in [1.165, 1.54) is 38.5 Å². The van der Waals surface area contributed by atoms with Crippen molar-refractivity contribution in [2.45, 2.75) is 19.3 Å². The van der Waals surface area contributed by atoms with E-state index >= 15 is 0 Å². The maximum absolute atomic E-state index is 5.18. The van der Waals surface area contributed by atoms with Crippen LogP contribution < -0.4 is 0 Å². The molecular weight excluding hydrogens is 709 g/mol. The summed E-state index contributed by atoms with van der Waals surface area (Å²) in [6.45, 7) is 4.75. The molecule has 11 rings (SSSR count). The zero-order chi connectivity index (χ0) is 38.8. The summed E-state index contributed by atoms with van der Waals surface area (Å²) >= 11 is 0. The van der Waals surface area contributed by atoms with Gasteiger partial charge in [0.25, 0.3) is 0 Å². The lowest BCUT2D eigenvalue weighted by Crippen LogP contribution is -2.16. The van der Waals surface area contributed by atoms with E-state index in [1.807, 2.05) is 24.3 Å². The first kappa shape index (κ1) is 33.7. The Morgan fingerprint density at radius 3 is 1.53 bits per heavy atom. The summed E-state index contributed by atoms with van der Waals surface area (Å²) in [4.78, 5) is 23.8. The first-order valence-corrected chi connectivity index (χ1v) is 19.6. The van der Waals surface area contributed by atoms with Crippen LogP contribution in [0.25, 0.3) is 95.0 Å². The molecule has 6 nitrogen and oxygen atoms in total. The molecule has 0 saturated heterocycles. The molecule has 0 radical (unpaired) electrons. The number of pyridine rings is 2. The van der Waals surface area contributed by atoms with Crippen LogP contribution in [0.2, 0.25) is 0 Å². The molecule has 58 heavy (non-hydrogen) atoms. The molecule has 0 bridgehead atoms. The molecule has 4 heterocycles. The lowest BCUT2D eigenvalue weighted by molar-refractivity contribution is 0.664. The van der Waals surface area contributed by atoms with Crippen LogP contribution in [0, 0.1) is 0 Å². The predicted molar refractivity (Wildman–Crippen MR) is 234 cm³/mol. The van der Waals surface area contributed by atoms with Gasteiger partial charge in [-0.3, -0.25) is 9.97 Å². The normalized spacial score (nSPS) is 12.8. The lowest BCUT2D eigenvalue weighted by atomic mass is 9.81. The molecule has 0 amide bonds. The van der Waals surface area contributed by atoms with Crippen LogP contribution in [0.3, 0.4) is 0 Å². The number of hydrogen-bond donors (Lipinski definition) is 0. The maximum Gasteiger partial charge on any atom is 0.164 e. The van der Waals surface area contributed by atoms with Crippen LogP contribution in [-0.2, 0) is 5.41 Å². The molecule has 4 aromatic heterocycles. The summed E-state index contributed by atoms with van der Waals surface area (Å²) in [5, 5.41) is 2.45. The van der Waals surface area contributed by atoms with Gasteiger partial charge in [-0.2, -0.15) is 0 Å². The van der Waals surface area contributed by atoms with Crippen LogP contribution in [0.1, 0.15) is 25.0 Å². The molecule has 0 atom stereocenters. The van der Waals surface area contributed by atoms with Crippen molar-refractivity contribution in [3.63, 3.8) is 0 Å². The van der Waals surface area contributed by atoms with Gasteiger partial charge in [0, 0.05) is 68.8 Å². The zero-order valence-electron chi connectivity index (χ0n) is 32.0. The van der Waals surface area contributed by atoms with E-state index in [-0.39, 0.29) is 5.41 Å². The summed E-state index contributed by atoms with van der Waals surface area (Å²) in [7, 11) is 0. The Hall–Kier alpha value is -7.57. The van der Waals surface area contributed by atoms with E-state index in [9.17, 15) is 0 Å². The highest BCUT2D eigenvalue weighted by atomic mass is 15.0. The second-order valence-corrected chi connectivity index (χ2v) is 15.3. The van der Waals surface area contributed by atoms with Gasteiger partial charge in [-0.1, -0.05) is 129 Å². The molecule has 0 N–H and O–H groups in total. The summed E-state index contributed by atoms with van der Waals surface area (Å²) < 4.78 is 2.55. The number of nitrogens with zero attached hydrogens (tertiary/aromatic N) is 6. The summed E-state index contributed by atoms with van der Waals surface area (Å²) in [6.07, 6.45) is 7.07. The molecule has 274 valence electrons. The van der Waals surface area contributed by atoms with Crippen molar-refractivity contribution in [2.24, 2.45) is 0 Å². The molecule has 6 aromatic carbocycles. The van der Waals surface area contributed by atoms with Gasteiger partial charge in [-0.25, -0.2) is 15.0 Å². The molecular formula is C52H36N6. The number of para-hydroxylation sites is 1. The minimum absolute atomic E-state index is 0.241. The molecule has 0 aliphatic heterocycles. The van der Waals surface area contributed by atoms with E-state index < -0.39 is 0 Å². The Morgan fingerprint density at radius 2 is 0.931 bits per heavy atom. The minimum Gasteiger partial charge on any atom is -0.308 e. The summed E-state index contributed by atoms with van der Waals surface area (Å²) in [5.74, 6) is 1.73. The molecule has 6 heteroatoms. The molecule has 1 aliphatic rings. The molecule has 0 unspecified atom stereocenters. The van der Waals surface area contributed by atoms with Crippen LogP contribution >= 0.6 is 0 Å². The van der Waals surface area contributed by atoms with Crippen LogP contribution in [0.15, 0.2) is 183 Å². The smallest absolute Gasteiger partial charge is 0.164 e. The Kier molecular flexibility index (Phi) is 7.73. The summed E-state index contributed by atoms with van der Waals surface area (Å²) in [5.41, 5.74) is 15.4. The van der Waals surface area contributed by atoms with E-state index in [2.05, 4.69) is 162 Å². The average molecular weight is 745 g/mol. The predicted octanol–water partition coefficient (Wildman–Crippen LogP) is 12.4. The van der Waals surface area contributed by atoms with Crippen LogP contribution in [-0.4, -0.2) is 29.5 Å². The standard InChI is InChI=1S/C52H36N6/c1-52(2)44-19-11-9-17-38(44)40-21-22-41-39-18-10-12-20-45(39)58(48(41)46(40)52)47-42(33-13-5-3-6-14-33)31-37(32-43(47)34-15-7-4-8-16-34)51-56-49(35-23-27-53-28-24-35)55-50(57-51)36-25-29-54-30-26-36/h3-32H,1-2H3. The number of fused-ring (bicyclic) bond motifs is 7. The van der Waals surface area contributed by atoms with Gasteiger partial charge in [-0.05, 0) is 75.8 Å². The Balaban J connectivity index is 1.28. The largest absolute Gasteiger partial charge is 0.308 e. The number of aromatic nitrogens is 6. The van der Waals surface area contributed by atoms with Crippen molar-refractivity contribution in [2.75, 3.05) is 0 Å². The van der Waals surface area contributed by atoms with E-state index in [0.29, 0.717) is 17.5 Å². The van der Waals surface area contributed by atoms with Gasteiger partial charge in [-0.15, -0.1) is 0 Å². The van der Waals surface area contributed by atoms with E-state index in [0.717, 1.165) is 50.1 Å². The highest BCUT2D eigenvalue weighted by molar-refractivity contribution is 6.14. The van der Waals surface area contributed by atoms with Gasteiger partial charge in [0.05, 0.1) is 16.7 Å². The highest BCUT2D eigenvalue weighted by Crippen LogP contribution is 2.54. The fourth-order valence-corrected chi connectivity index (χ4v) is 8.99. The maximum atomic E-state index is 5.18. The first-order chi connectivity index (χ1) is 28.5. The number of hydrogen-bond acceptors (Lipinski definition) is 5. The Labute approximate surface area is 336 Å². The van der Waals surface area contributed by atoms with Crippen molar-refractivity contribution >= 4 is 21.8 Å². The second-order valence-electron chi connectivity index (χ2n) is 15.3. The molecule has 0 spiro atoms. The van der Waals surface area contributed by atoms with Gasteiger partial charge >= 0.3 is 0 Å². The molecule has 0 fully saturated rings. The molecule has 10 aromatic rings. The third kappa shape index (κ3) is 5.30.